The summed E-state index contributed by atoms with van der Waals surface area (Å²) in [4.78, 5) is 13.1. The first-order valence-electron chi connectivity index (χ1n) is 7.52. The van der Waals surface area contributed by atoms with Crippen molar-refractivity contribution in [1.29, 1.82) is 0 Å². The van der Waals surface area contributed by atoms with Crippen LogP contribution in [0.15, 0.2) is 24.3 Å². The third-order valence-electron chi connectivity index (χ3n) is 3.68. The van der Waals surface area contributed by atoms with Crippen molar-refractivity contribution in [2.75, 3.05) is 26.2 Å². The third-order valence-corrected chi connectivity index (χ3v) is 3.68. The van der Waals surface area contributed by atoms with Gasteiger partial charge in [-0.3, -0.25) is 4.90 Å². The highest BCUT2D eigenvalue weighted by molar-refractivity contribution is 5.85. The number of benzene rings is 1. The lowest BCUT2D eigenvalue weighted by Crippen LogP contribution is -2.33. The van der Waals surface area contributed by atoms with E-state index < -0.39 is 5.97 Å². The Kier molecular flexibility index (Phi) is 5.81. The number of carbonyl (C=O) groups is 1. The Morgan fingerprint density at radius 1 is 1.33 bits per heavy atom. The largest absolute Gasteiger partial charge is 0.492 e. The molecule has 0 unspecified atom stereocenters. The lowest BCUT2D eigenvalue weighted by molar-refractivity contribution is -0.131. The number of hydrogen-bond donors (Lipinski definition) is 1. The molecule has 1 saturated heterocycles. The van der Waals surface area contributed by atoms with Crippen LogP contribution in [0.3, 0.4) is 0 Å². The van der Waals surface area contributed by atoms with Gasteiger partial charge in [0.2, 0.25) is 0 Å². The fourth-order valence-corrected chi connectivity index (χ4v) is 2.56. The molecule has 0 spiro atoms. The van der Waals surface area contributed by atoms with E-state index in [0.717, 1.165) is 42.6 Å². The smallest absolute Gasteiger partial charge is 0.328 e. The van der Waals surface area contributed by atoms with E-state index in [1.807, 2.05) is 25.1 Å². The van der Waals surface area contributed by atoms with Crippen LogP contribution in [0.4, 0.5) is 0 Å². The van der Waals surface area contributed by atoms with Crippen LogP contribution in [-0.2, 0) is 4.79 Å². The maximum atomic E-state index is 10.7. The van der Waals surface area contributed by atoms with E-state index in [2.05, 4.69) is 4.90 Å². The molecule has 0 bridgehead atoms. The van der Waals surface area contributed by atoms with Crippen LogP contribution in [0.1, 0.15) is 30.4 Å². The topological polar surface area (TPSA) is 49.8 Å². The molecule has 1 fully saturated rings. The van der Waals surface area contributed by atoms with Gasteiger partial charge < -0.3 is 9.84 Å². The average Bonchev–Trinajstić information content (AvgIpc) is 2.48. The molecule has 0 aromatic heterocycles. The van der Waals surface area contributed by atoms with Gasteiger partial charge in [-0.2, -0.15) is 0 Å². The first-order valence-corrected chi connectivity index (χ1v) is 7.52. The van der Waals surface area contributed by atoms with Crippen molar-refractivity contribution in [3.05, 3.63) is 35.4 Å². The second-order valence-electron chi connectivity index (χ2n) is 5.46. The third kappa shape index (κ3) is 5.23. The summed E-state index contributed by atoms with van der Waals surface area (Å²) in [6, 6.07) is 5.83. The zero-order valence-electron chi connectivity index (χ0n) is 12.5. The Labute approximate surface area is 126 Å². The molecular formula is C17H23NO3. The van der Waals surface area contributed by atoms with Gasteiger partial charge in [0.25, 0.3) is 0 Å². The Bertz CT molecular complexity index is 505. The number of carboxylic acids is 1. The predicted octanol–water partition coefficient (Wildman–Crippen LogP) is 2.96. The van der Waals surface area contributed by atoms with E-state index in [0.29, 0.717) is 6.61 Å². The Morgan fingerprint density at radius 3 is 2.81 bits per heavy atom. The molecule has 4 nitrogen and oxygen atoms in total. The van der Waals surface area contributed by atoms with Crippen molar-refractivity contribution in [3.8, 4) is 5.75 Å². The normalized spacial score (nSPS) is 16.2. The fraction of sp³-hybridized carbons (Fsp3) is 0.471. The minimum atomic E-state index is -0.948. The zero-order valence-corrected chi connectivity index (χ0v) is 12.5. The summed E-state index contributed by atoms with van der Waals surface area (Å²) >= 11 is 0. The maximum Gasteiger partial charge on any atom is 0.328 e. The molecule has 0 radical (unpaired) electrons. The molecule has 1 heterocycles. The van der Waals surface area contributed by atoms with E-state index in [9.17, 15) is 4.79 Å². The van der Waals surface area contributed by atoms with Crippen molar-refractivity contribution in [1.82, 2.24) is 4.90 Å². The van der Waals surface area contributed by atoms with Gasteiger partial charge >= 0.3 is 5.97 Å². The van der Waals surface area contributed by atoms with Crippen molar-refractivity contribution >= 4 is 12.0 Å². The highest BCUT2D eigenvalue weighted by Crippen LogP contribution is 2.21. The lowest BCUT2D eigenvalue weighted by atomic mass is 10.1. The molecule has 114 valence electrons. The highest BCUT2D eigenvalue weighted by atomic mass is 16.5. The van der Waals surface area contributed by atoms with Gasteiger partial charge in [0.1, 0.15) is 12.4 Å². The molecule has 0 aliphatic carbocycles. The van der Waals surface area contributed by atoms with Crippen LogP contribution < -0.4 is 4.74 Å². The molecule has 1 aliphatic rings. The van der Waals surface area contributed by atoms with Crippen LogP contribution in [0, 0.1) is 6.92 Å². The van der Waals surface area contributed by atoms with Gasteiger partial charge in [0.05, 0.1) is 0 Å². The predicted molar refractivity (Wildman–Crippen MR) is 83.6 cm³/mol. The second kappa shape index (κ2) is 7.84. The van der Waals surface area contributed by atoms with Crippen LogP contribution in [0.25, 0.3) is 6.08 Å². The SMILES string of the molecule is Cc1ccc(OCCN2CCCCC2)c(C=CC(=O)O)c1. The highest BCUT2D eigenvalue weighted by Gasteiger charge is 2.10. The Morgan fingerprint density at radius 2 is 2.10 bits per heavy atom. The molecule has 1 aromatic carbocycles. The van der Waals surface area contributed by atoms with Crippen molar-refractivity contribution in [3.63, 3.8) is 0 Å². The quantitative estimate of drug-likeness (QED) is 0.818. The molecule has 1 aliphatic heterocycles. The van der Waals surface area contributed by atoms with Crippen LogP contribution in [0.2, 0.25) is 0 Å². The standard InChI is InChI=1S/C17H23NO3/c1-14-5-7-16(15(13-14)6-8-17(19)20)21-12-11-18-9-3-2-4-10-18/h5-8,13H,2-4,9-12H2,1H3,(H,19,20). The first-order chi connectivity index (χ1) is 10.1. The summed E-state index contributed by atoms with van der Waals surface area (Å²) in [6.45, 7) is 5.86. The van der Waals surface area contributed by atoms with Crippen LogP contribution in [0.5, 0.6) is 5.75 Å². The molecule has 1 aromatic rings. The molecule has 21 heavy (non-hydrogen) atoms. The van der Waals surface area contributed by atoms with E-state index in [4.69, 9.17) is 9.84 Å². The molecule has 1 N–H and O–H groups in total. The molecule has 4 heteroatoms. The summed E-state index contributed by atoms with van der Waals surface area (Å²) in [5.41, 5.74) is 1.90. The number of piperidine rings is 1. The molecule has 0 saturated carbocycles. The molecule has 2 rings (SSSR count). The minimum absolute atomic E-state index is 0.636. The lowest BCUT2D eigenvalue weighted by Gasteiger charge is -2.26. The zero-order chi connectivity index (χ0) is 15.1. The van der Waals surface area contributed by atoms with Gasteiger partial charge in [0.15, 0.2) is 0 Å². The maximum absolute atomic E-state index is 10.7. The van der Waals surface area contributed by atoms with Gasteiger partial charge in [-0.1, -0.05) is 18.1 Å². The van der Waals surface area contributed by atoms with Gasteiger partial charge in [-0.15, -0.1) is 0 Å². The summed E-state index contributed by atoms with van der Waals surface area (Å²) in [6.07, 6.45) is 6.62. The Hall–Kier alpha value is -1.81. The number of carboxylic acid groups (broad SMARTS) is 1. The van der Waals surface area contributed by atoms with Crippen molar-refractivity contribution < 1.29 is 14.6 Å². The number of aliphatic carboxylic acids is 1. The first kappa shape index (κ1) is 15.6. The minimum Gasteiger partial charge on any atom is -0.492 e. The van der Waals surface area contributed by atoms with Gasteiger partial charge in [-0.25, -0.2) is 4.79 Å². The Balaban J connectivity index is 1.93. The van der Waals surface area contributed by atoms with E-state index in [-0.39, 0.29) is 0 Å². The number of rotatable bonds is 6. The van der Waals surface area contributed by atoms with Crippen molar-refractivity contribution in [2.45, 2.75) is 26.2 Å². The number of likely N-dealkylation sites (tertiary alicyclic amines) is 1. The second-order valence-corrected chi connectivity index (χ2v) is 5.46. The van der Waals surface area contributed by atoms with Gasteiger partial charge in [0, 0.05) is 18.2 Å². The summed E-state index contributed by atoms with van der Waals surface area (Å²) in [5, 5.41) is 8.75. The number of hydrogen-bond acceptors (Lipinski definition) is 3. The van der Waals surface area contributed by atoms with Crippen LogP contribution in [-0.4, -0.2) is 42.2 Å². The number of nitrogens with zero attached hydrogens (tertiary/aromatic N) is 1. The van der Waals surface area contributed by atoms with Gasteiger partial charge in [-0.05, 0) is 51.1 Å². The average molecular weight is 289 g/mol. The number of ether oxygens (including phenoxy) is 1. The summed E-state index contributed by atoms with van der Waals surface area (Å²) < 4.78 is 5.84. The number of aryl methyl sites for hydroxylation is 1. The summed E-state index contributed by atoms with van der Waals surface area (Å²) in [5.74, 6) is -0.203. The summed E-state index contributed by atoms with van der Waals surface area (Å²) in [7, 11) is 0. The fourth-order valence-electron chi connectivity index (χ4n) is 2.56. The van der Waals surface area contributed by atoms with E-state index >= 15 is 0 Å². The molecule has 0 amide bonds. The molecule has 0 atom stereocenters. The van der Waals surface area contributed by atoms with E-state index in [1.165, 1.54) is 19.3 Å². The van der Waals surface area contributed by atoms with E-state index in [1.54, 1.807) is 6.08 Å². The molecular weight excluding hydrogens is 266 g/mol. The van der Waals surface area contributed by atoms with Crippen molar-refractivity contribution in [2.24, 2.45) is 0 Å². The van der Waals surface area contributed by atoms with Crippen LogP contribution >= 0.6 is 0 Å². The monoisotopic (exact) mass is 289 g/mol.